The lowest BCUT2D eigenvalue weighted by Gasteiger charge is -2.37. The number of carbonyl (C=O) groups excluding carboxylic acids is 3. The molecule has 8 nitrogen and oxygen atoms in total. The molecule has 2 amide bonds. The predicted molar refractivity (Wildman–Crippen MR) is 129 cm³/mol. The molecule has 1 N–H and O–H groups in total. The van der Waals surface area contributed by atoms with Crippen molar-refractivity contribution in [1.82, 2.24) is 10.2 Å². The zero-order valence-electron chi connectivity index (χ0n) is 19.7. The Labute approximate surface area is 203 Å². The molecule has 0 saturated carbocycles. The lowest BCUT2D eigenvalue weighted by molar-refractivity contribution is -0.119. The van der Waals surface area contributed by atoms with Gasteiger partial charge in [-0.3, -0.25) is 19.4 Å². The van der Waals surface area contributed by atoms with E-state index in [0.717, 1.165) is 37.2 Å². The van der Waals surface area contributed by atoms with Crippen molar-refractivity contribution in [1.29, 1.82) is 0 Å². The fourth-order valence-corrected chi connectivity index (χ4v) is 5.16. The fourth-order valence-electron chi connectivity index (χ4n) is 5.16. The molecule has 9 heteroatoms. The van der Waals surface area contributed by atoms with Gasteiger partial charge in [-0.15, -0.1) is 0 Å². The largest absolute Gasteiger partial charge is 0.442 e. The SMILES string of the molecule is CC(=O)NC[C@H]1CN(c2ccc(N3CCN(CC4Cc5ccccc5C4=O)CC3)c(F)c2)C(=O)O1. The normalized spacial score (nSPS) is 22.3. The summed E-state index contributed by atoms with van der Waals surface area (Å²) in [5, 5.41) is 2.63. The Kier molecular flexibility index (Phi) is 6.42. The average Bonchev–Trinajstić information content (AvgIpc) is 3.38. The van der Waals surface area contributed by atoms with Gasteiger partial charge in [0.25, 0.3) is 0 Å². The molecular formula is C26H29FN4O4. The van der Waals surface area contributed by atoms with Crippen LogP contribution in [0.2, 0.25) is 0 Å². The Balaban J connectivity index is 1.16. The van der Waals surface area contributed by atoms with Gasteiger partial charge in [0.1, 0.15) is 11.9 Å². The summed E-state index contributed by atoms with van der Waals surface area (Å²) in [7, 11) is 0. The number of ketones is 1. The van der Waals surface area contributed by atoms with Crippen molar-refractivity contribution in [2.24, 2.45) is 5.92 Å². The van der Waals surface area contributed by atoms with Crippen LogP contribution in [0.4, 0.5) is 20.6 Å². The highest BCUT2D eigenvalue weighted by Crippen LogP contribution is 2.30. The second-order valence-corrected chi connectivity index (χ2v) is 9.40. The molecule has 184 valence electrons. The number of ether oxygens (including phenoxy) is 1. The fraction of sp³-hybridized carbons (Fsp3) is 0.423. The summed E-state index contributed by atoms with van der Waals surface area (Å²) in [5.74, 6) is -0.375. The highest BCUT2D eigenvalue weighted by molar-refractivity contribution is 6.02. The minimum Gasteiger partial charge on any atom is -0.442 e. The number of piperazine rings is 1. The van der Waals surface area contributed by atoms with E-state index in [2.05, 4.69) is 10.2 Å². The Morgan fingerprint density at radius 2 is 1.89 bits per heavy atom. The maximum absolute atomic E-state index is 15.1. The summed E-state index contributed by atoms with van der Waals surface area (Å²) in [6, 6.07) is 12.6. The minimum atomic E-state index is -0.551. The molecule has 2 saturated heterocycles. The number of benzene rings is 2. The first-order valence-corrected chi connectivity index (χ1v) is 12.0. The number of hydrogen-bond acceptors (Lipinski definition) is 6. The number of Topliss-reactive ketones (excluding diaryl/α,β-unsaturated/α-hetero) is 1. The van der Waals surface area contributed by atoms with Gasteiger partial charge in [0.2, 0.25) is 5.91 Å². The second-order valence-electron chi connectivity index (χ2n) is 9.40. The zero-order chi connectivity index (χ0) is 24.5. The van der Waals surface area contributed by atoms with Crippen LogP contribution in [0.3, 0.4) is 0 Å². The number of nitrogens with one attached hydrogen (secondary N) is 1. The second kappa shape index (κ2) is 9.65. The van der Waals surface area contributed by atoms with Gasteiger partial charge in [-0.25, -0.2) is 9.18 Å². The maximum atomic E-state index is 15.1. The van der Waals surface area contributed by atoms with E-state index in [1.165, 1.54) is 17.9 Å². The van der Waals surface area contributed by atoms with Crippen LogP contribution in [-0.2, 0) is 16.0 Å². The smallest absolute Gasteiger partial charge is 0.414 e. The van der Waals surface area contributed by atoms with E-state index in [0.29, 0.717) is 24.5 Å². The number of fused-ring (bicyclic) bond motifs is 1. The molecule has 1 unspecified atom stereocenters. The van der Waals surface area contributed by atoms with Crippen LogP contribution in [0.1, 0.15) is 22.8 Å². The van der Waals surface area contributed by atoms with Crippen LogP contribution in [-0.4, -0.2) is 74.6 Å². The molecule has 5 rings (SSSR count). The Morgan fingerprint density at radius 3 is 2.60 bits per heavy atom. The molecule has 0 radical (unpaired) electrons. The van der Waals surface area contributed by atoms with Crippen molar-refractivity contribution < 1.29 is 23.5 Å². The van der Waals surface area contributed by atoms with Crippen molar-refractivity contribution in [3.8, 4) is 0 Å². The molecule has 2 atom stereocenters. The molecular weight excluding hydrogens is 451 g/mol. The van der Waals surface area contributed by atoms with Gasteiger partial charge in [-0.1, -0.05) is 24.3 Å². The summed E-state index contributed by atoms with van der Waals surface area (Å²) in [6.07, 6.45) is -0.234. The van der Waals surface area contributed by atoms with E-state index in [9.17, 15) is 14.4 Å². The number of anilines is 2. The molecule has 3 aliphatic rings. The van der Waals surface area contributed by atoms with Crippen molar-refractivity contribution in [2.45, 2.75) is 19.4 Å². The molecule has 2 fully saturated rings. The zero-order valence-corrected chi connectivity index (χ0v) is 19.7. The standard InChI is InChI=1S/C26H29FN4O4/c1-17(32)28-14-21-16-31(26(34)35-21)20-6-7-24(23(27)13-20)30-10-8-29(9-11-30)15-19-12-18-4-2-3-5-22(18)25(19)33/h2-7,13,19,21H,8-12,14-16H2,1H3,(H,28,32)/t19?,21-/m0/s1. The third kappa shape index (κ3) is 4.86. The van der Waals surface area contributed by atoms with Crippen LogP contribution in [0.15, 0.2) is 42.5 Å². The Bertz CT molecular complexity index is 1150. The summed E-state index contributed by atoms with van der Waals surface area (Å²) >= 11 is 0. The molecule has 2 aromatic rings. The van der Waals surface area contributed by atoms with Crippen LogP contribution in [0, 0.1) is 11.7 Å². The van der Waals surface area contributed by atoms with Crippen molar-refractivity contribution >= 4 is 29.2 Å². The van der Waals surface area contributed by atoms with Crippen LogP contribution in [0.5, 0.6) is 0 Å². The van der Waals surface area contributed by atoms with E-state index in [4.69, 9.17) is 4.74 Å². The van der Waals surface area contributed by atoms with E-state index in [1.807, 2.05) is 29.2 Å². The van der Waals surface area contributed by atoms with Crippen molar-refractivity contribution in [3.05, 3.63) is 59.4 Å². The molecule has 0 bridgehead atoms. The monoisotopic (exact) mass is 480 g/mol. The third-order valence-corrected chi connectivity index (χ3v) is 7.01. The molecule has 35 heavy (non-hydrogen) atoms. The molecule has 2 aromatic carbocycles. The van der Waals surface area contributed by atoms with Gasteiger partial charge in [-0.2, -0.15) is 0 Å². The summed E-state index contributed by atoms with van der Waals surface area (Å²) in [4.78, 5) is 41.7. The first-order valence-electron chi connectivity index (χ1n) is 12.0. The van der Waals surface area contributed by atoms with Gasteiger partial charge in [0.05, 0.1) is 24.5 Å². The first-order chi connectivity index (χ1) is 16.9. The van der Waals surface area contributed by atoms with Gasteiger partial charge in [-0.05, 0) is 30.2 Å². The van der Waals surface area contributed by atoms with Crippen LogP contribution < -0.4 is 15.1 Å². The number of cyclic esters (lactones) is 1. The van der Waals surface area contributed by atoms with Gasteiger partial charge >= 0.3 is 6.09 Å². The lowest BCUT2D eigenvalue weighted by atomic mass is 10.0. The number of hydrogen-bond donors (Lipinski definition) is 1. The van der Waals surface area contributed by atoms with Crippen LogP contribution >= 0.6 is 0 Å². The first kappa shape index (κ1) is 23.3. The predicted octanol–water partition coefficient (Wildman–Crippen LogP) is 2.46. The lowest BCUT2D eigenvalue weighted by Crippen LogP contribution is -2.48. The summed E-state index contributed by atoms with van der Waals surface area (Å²) in [5.41, 5.74) is 2.91. The van der Waals surface area contributed by atoms with E-state index < -0.39 is 18.0 Å². The average molecular weight is 481 g/mol. The maximum Gasteiger partial charge on any atom is 0.414 e. The number of rotatable bonds is 6. The highest BCUT2D eigenvalue weighted by atomic mass is 19.1. The number of amides is 2. The Morgan fingerprint density at radius 1 is 1.11 bits per heavy atom. The van der Waals surface area contributed by atoms with Gasteiger partial charge in [0.15, 0.2) is 5.78 Å². The van der Waals surface area contributed by atoms with Gasteiger partial charge < -0.3 is 15.0 Å². The molecule has 0 spiro atoms. The van der Waals surface area contributed by atoms with Gasteiger partial charge in [0, 0.05) is 51.1 Å². The molecule has 2 heterocycles. The number of nitrogens with zero attached hydrogens (tertiary/aromatic N) is 3. The quantitative estimate of drug-likeness (QED) is 0.684. The third-order valence-electron chi connectivity index (χ3n) is 7.01. The number of halogens is 1. The van der Waals surface area contributed by atoms with Crippen molar-refractivity contribution in [3.63, 3.8) is 0 Å². The topological polar surface area (TPSA) is 82.2 Å². The molecule has 0 aromatic heterocycles. The number of carbonyl (C=O) groups is 3. The minimum absolute atomic E-state index is 0.00957. The summed E-state index contributed by atoms with van der Waals surface area (Å²) < 4.78 is 20.3. The molecule has 2 aliphatic heterocycles. The van der Waals surface area contributed by atoms with Crippen molar-refractivity contribution in [2.75, 3.05) is 55.6 Å². The molecule has 1 aliphatic carbocycles. The van der Waals surface area contributed by atoms with E-state index in [-0.39, 0.29) is 30.7 Å². The summed E-state index contributed by atoms with van der Waals surface area (Å²) in [6.45, 7) is 5.43. The van der Waals surface area contributed by atoms with Crippen LogP contribution in [0.25, 0.3) is 0 Å². The van der Waals surface area contributed by atoms with E-state index >= 15 is 4.39 Å². The van der Waals surface area contributed by atoms with E-state index in [1.54, 1.807) is 12.1 Å². The highest BCUT2D eigenvalue weighted by Gasteiger charge is 2.34. The Hall–Kier alpha value is -3.46.